The molecule has 210 valence electrons. The first-order chi connectivity index (χ1) is 18.9. The lowest BCUT2D eigenvalue weighted by molar-refractivity contribution is 0.0947. The Morgan fingerprint density at radius 2 is 1.85 bits per heavy atom. The summed E-state index contributed by atoms with van der Waals surface area (Å²) in [6.45, 7) is 7.46. The van der Waals surface area contributed by atoms with Gasteiger partial charge in [0.1, 0.15) is 5.75 Å². The number of ether oxygens (including phenoxy) is 1. The predicted octanol–water partition coefficient (Wildman–Crippen LogP) is 3.81. The highest BCUT2D eigenvalue weighted by Gasteiger charge is 2.32. The van der Waals surface area contributed by atoms with E-state index in [1.165, 1.54) is 0 Å². The molecule has 5 rings (SSSR count). The van der Waals surface area contributed by atoms with Crippen LogP contribution >= 0.6 is 11.3 Å². The van der Waals surface area contributed by atoms with Crippen molar-refractivity contribution in [2.75, 3.05) is 57.8 Å². The second-order valence-corrected chi connectivity index (χ2v) is 13.0. The number of hydrogen-bond donors (Lipinski definition) is 1. The Morgan fingerprint density at radius 1 is 1.08 bits per heavy atom. The number of fused-ring (bicyclic) bond motifs is 1. The van der Waals surface area contributed by atoms with Crippen LogP contribution in [0.25, 0.3) is 10.2 Å². The lowest BCUT2D eigenvalue weighted by atomic mass is 10.0. The molecule has 1 amide bonds. The van der Waals surface area contributed by atoms with Crippen LogP contribution in [0.1, 0.15) is 43.0 Å². The van der Waals surface area contributed by atoms with Gasteiger partial charge in [0, 0.05) is 57.4 Å². The molecule has 0 aliphatic carbocycles. The Bertz CT molecular complexity index is 1380. The zero-order chi connectivity index (χ0) is 27.4. The maximum atomic E-state index is 13.2. The topological polar surface area (TPSA) is 95.1 Å². The summed E-state index contributed by atoms with van der Waals surface area (Å²) in [5.41, 5.74) is 1.46. The smallest absolute Gasteiger partial charge is 0.251 e. The third-order valence-electron chi connectivity index (χ3n) is 7.71. The number of sulfonamides is 1. The molecule has 2 aromatic carbocycles. The second-order valence-electron chi connectivity index (χ2n) is 10.1. The fourth-order valence-electron chi connectivity index (χ4n) is 5.36. The van der Waals surface area contributed by atoms with E-state index in [1.54, 1.807) is 47.0 Å². The molecule has 0 saturated carbocycles. The molecule has 11 heteroatoms. The summed E-state index contributed by atoms with van der Waals surface area (Å²) in [5.74, 6) is 0.653. The number of carbonyl (C=O) groups excluding carboxylic acids is 1. The highest BCUT2D eigenvalue weighted by molar-refractivity contribution is 7.89. The summed E-state index contributed by atoms with van der Waals surface area (Å²) in [4.78, 5) is 22.4. The molecule has 3 heterocycles. The highest BCUT2D eigenvalue weighted by atomic mass is 32.2. The fourth-order valence-corrected chi connectivity index (χ4v) is 8.17. The molecule has 1 unspecified atom stereocenters. The number of rotatable bonds is 9. The number of benzene rings is 2. The van der Waals surface area contributed by atoms with Gasteiger partial charge in [0.15, 0.2) is 5.13 Å². The van der Waals surface area contributed by atoms with Crippen molar-refractivity contribution >= 4 is 42.6 Å². The minimum Gasteiger partial charge on any atom is -0.497 e. The third-order valence-corrected chi connectivity index (χ3v) is 10.8. The number of piperazine rings is 1. The van der Waals surface area contributed by atoms with Gasteiger partial charge in [-0.1, -0.05) is 24.7 Å². The van der Waals surface area contributed by atoms with Crippen LogP contribution in [0.15, 0.2) is 47.4 Å². The summed E-state index contributed by atoms with van der Waals surface area (Å²) >= 11 is 1.68. The summed E-state index contributed by atoms with van der Waals surface area (Å²) in [6, 6.07) is 12.4. The zero-order valence-electron chi connectivity index (χ0n) is 22.6. The van der Waals surface area contributed by atoms with Gasteiger partial charge in [-0.25, -0.2) is 13.4 Å². The second kappa shape index (κ2) is 12.2. The van der Waals surface area contributed by atoms with Gasteiger partial charge in [-0.3, -0.25) is 9.69 Å². The Hall–Kier alpha value is -2.73. The maximum absolute atomic E-state index is 13.2. The van der Waals surface area contributed by atoms with Crippen LogP contribution in [0.2, 0.25) is 0 Å². The summed E-state index contributed by atoms with van der Waals surface area (Å²) in [6.07, 6.45) is 3.68. The quantitative estimate of drug-likeness (QED) is 0.417. The first-order valence-corrected chi connectivity index (χ1v) is 16.0. The van der Waals surface area contributed by atoms with Crippen LogP contribution in [0.3, 0.4) is 0 Å². The van der Waals surface area contributed by atoms with Crippen LogP contribution in [0.4, 0.5) is 5.13 Å². The molecule has 3 aromatic rings. The SMILES string of the molecule is CCC1CCCCN1S(=O)(=O)c1ccc(C(=O)NCCN2CCN(c3nc4ccc(OC)cc4s3)CC2)cc1. The number of carbonyl (C=O) groups is 1. The van der Waals surface area contributed by atoms with Crippen molar-refractivity contribution in [3.63, 3.8) is 0 Å². The molecule has 39 heavy (non-hydrogen) atoms. The van der Waals surface area contributed by atoms with E-state index in [-0.39, 0.29) is 16.8 Å². The number of thiazole rings is 1. The molecule has 0 radical (unpaired) electrons. The minimum atomic E-state index is -3.55. The van der Waals surface area contributed by atoms with Crippen molar-refractivity contribution in [3.8, 4) is 5.75 Å². The maximum Gasteiger partial charge on any atom is 0.251 e. The number of methoxy groups -OCH3 is 1. The minimum absolute atomic E-state index is 0.0545. The Morgan fingerprint density at radius 3 is 2.56 bits per heavy atom. The van der Waals surface area contributed by atoms with Crippen molar-refractivity contribution in [2.24, 2.45) is 0 Å². The van der Waals surface area contributed by atoms with Crippen LogP contribution in [-0.4, -0.2) is 87.5 Å². The van der Waals surface area contributed by atoms with Crippen LogP contribution in [0.5, 0.6) is 5.75 Å². The Kier molecular flexibility index (Phi) is 8.70. The van der Waals surface area contributed by atoms with Crippen LogP contribution in [-0.2, 0) is 10.0 Å². The number of amides is 1. The lowest BCUT2D eigenvalue weighted by Crippen LogP contribution is -2.48. The van der Waals surface area contributed by atoms with Gasteiger partial charge in [0.25, 0.3) is 5.91 Å². The highest BCUT2D eigenvalue weighted by Crippen LogP contribution is 2.32. The number of piperidine rings is 1. The van der Waals surface area contributed by atoms with E-state index in [0.717, 1.165) is 79.5 Å². The van der Waals surface area contributed by atoms with Crippen LogP contribution in [0, 0.1) is 0 Å². The number of nitrogens with one attached hydrogen (secondary N) is 1. The lowest BCUT2D eigenvalue weighted by Gasteiger charge is -2.34. The van der Waals surface area contributed by atoms with Gasteiger partial charge >= 0.3 is 0 Å². The van der Waals surface area contributed by atoms with E-state index in [4.69, 9.17) is 9.72 Å². The molecule has 1 aromatic heterocycles. The van der Waals surface area contributed by atoms with Gasteiger partial charge in [0.05, 0.1) is 22.2 Å². The third kappa shape index (κ3) is 6.21. The van der Waals surface area contributed by atoms with E-state index in [2.05, 4.69) is 15.1 Å². The number of nitrogens with zero attached hydrogens (tertiary/aromatic N) is 4. The normalized spacial score (nSPS) is 19.3. The molecular formula is C28H37N5O4S2. The van der Waals surface area contributed by atoms with Gasteiger partial charge < -0.3 is 15.0 Å². The van der Waals surface area contributed by atoms with E-state index in [1.807, 2.05) is 25.1 Å². The van der Waals surface area contributed by atoms with Crippen molar-refractivity contribution in [1.82, 2.24) is 19.5 Å². The first kappa shape index (κ1) is 27.8. The molecule has 2 aliphatic rings. The summed E-state index contributed by atoms with van der Waals surface area (Å²) in [5, 5.41) is 4.01. The molecule has 2 saturated heterocycles. The van der Waals surface area contributed by atoms with Gasteiger partial charge in [-0.05, 0) is 61.7 Å². The molecule has 0 spiro atoms. The number of aromatic nitrogens is 1. The number of hydrogen-bond acceptors (Lipinski definition) is 8. The fraction of sp³-hybridized carbons (Fsp3) is 0.500. The molecule has 9 nitrogen and oxygen atoms in total. The molecule has 2 fully saturated rings. The van der Waals surface area contributed by atoms with E-state index in [9.17, 15) is 13.2 Å². The Labute approximate surface area is 234 Å². The summed E-state index contributed by atoms with van der Waals surface area (Å²) in [7, 11) is -1.88. The zero-order valence-corrected chi connectivity index (χ0v) is 24.3. The van der Waals surface area contributed by atoms with E-state index >= 15 is 0 Å². The van der Waals surface area contributed by atoms with Crippen molar-refractivity contribution in [1.29, 1.82) is 0 Å². The molecular weight excluding hydrogens is 534 g/mol. The monoisotopic (exact) mass is 571 g/mol. The van der Waals surface area contributed by atoms with Crippen molar-refractivity contribution < 1.29 is 17.9 Å². The standard InChI is InChI=1S/C28H37N5O4S2/c1-3-22-6-4-5-14-33(22)39(35,36)24-10-7-21(8-11-24)27(34)29-13-15-31-16-18-32(19-17-31)28-30-25-12-9-23(37-2)20-26(25)38-28/h7-12,20,22H,3-6,13-19H2,1-2H3,(H,29,34). The largest absolute Gasteiger partial charge is 0.497 e. The molecule has 1 atom stereocenters. The average Bonchev–Trinajstić information content (AvgIpc) is 3.41. The van der Waals surface area contributed by atoms with Crippen LogP contribution < -0.4 is 15.0 Å². The number of anilines is 1. The molecule has 0 bridgehead atoms. The van der Waals surface area contributed by atoms with E-state index in [0.29, 0.717) is 18.7 Å². The predicted molar refractivity (Wildman–Crippen MR) is 155 cm³/mol. The summed E-state index contributed by atoms with van der Waals surface area (Å²) < 4.78 is 34.4. The molecule has 2 aliphatic heterocycles. The van der Waals surface area contributed by atoms with Gasteiger partial charge in [0.2, 0.25) is 10.0 Å². The molecule has 1 N–H and O–H groups in total. The van der Waals surface area contributed by atoms with Gasteiger partial charge in [-0.2, -0.15) is 4.31 Å². The van der Waals surface area contributed by atoms with Crippen molar-refractivity contribution in [3.05, 3.63) is 48.0 Å². The average molecular weight is 572 g/mol. The van der Waals surface area contributed by atoms with Gasteiger partial charge in [-0.15, -0.1) is 0 Å². The Balaban J connectivity index is 1.09. The first-order valence-electron chi connectivity index (χ1n) is 13.7. The van der Waals surface area contributed by atoms with Crippen molar-refractivity contribution in [2.45, 2.75) is 43.5 Å². The van der Waals surface area contributed by atoms with E-state index < -0.39 is 10.0 Å².